The Morgan fingerprint density at radius 2 is 1.92 bits per heavy atom. The van der Waals surface area contributed by atoms with Crippen molar-refractivity contribution in [3.63, 3.8) is 0 Å². The number of hydrogen-bond acceptors (Lipinski definition) is 4. The van der Waals surface area contributed by atoms with Gasteiger partial charge in [0.15, 0.2) is 17.5 Å². The van der Waals surface area contributed by atoms with E-state index in [0.717, 1.165) is 43.5 Å². The smallest absolute Gasteiger partial charge is 0.194 e. The minimum atomic E-state index is 0.778. The lowest BCUT2D eigenvalue weighted by atomic mass is 9.99. The van der Waals surface area contributed by atoms with Crippen molar-refractivity contribution in [1.82, 2.24) is 10.2 Å². The molecule has 1 aromatic carbocycles. The van der Waals surface area contributed by atoms with E-state index in [1.54, 1.807) is 14.2 Å². The van der Waals surface area contributed by atoms with Gasteiger partial charge in [0.1, 0.15) is 0 Å². The number of aliphatic imine (C=N–C) groups is 1. The fourth-order valence-electron chi connectivity index (χ4n) is 3.14. The zero-order valence-corrected chi connectivity index (χ0v) is 16.1. The Labute approximate surface area is 153 Å². The van der Waals surface area contributed by atoms with E-state index >= 15 is 0 Å². The minimum Gasteiger partial charge on any atom is -0.493 e. The summed E-state index contributed by atoms with van der Waals surface area (Å²) in [5, 5.41) is 3.48. The third-order valence-electron chi connectivity index (χ3n) is 4.45. The van der Waals surface area contributed by atoms with Crippen molar-refractivity contribution in [2.75, 3.05) is 27.8 Å². The number of hydrogen-bond donors (Lipinski definition) is 1. The van der Waals surface area contributed by atoms with Crippen molar-refractivity contribution in [1.29, 1.82) is 0 Å². The lowest BCUT2D eigenvalue weighted by Crippen LogP contribution is -2.43. The summed E-state index contributed by atoms with van der Waals surface area (Å²) in [4.78, 5) is 9.40. The first-order valence-corrected chi connectivity index (χ1v) is 9.21. The van der Waals surface area contributed by atoms with Gasteiger partial charge in [-0.25, -0.2) is 0 Å². The van der Waals surface area contributed by atoms with Crippen LogP contribution in [0.5, 0.6) is 11.5 Å². The lowest BCUT2D eigenvalue weighted by Gasteiger charge is -2.32. The van der Waals surface area contributed by atoms with Gasteiger partial charge >= 0.3 is 0 Å². The van der Waals surface area contributed by atoms with Crippen molar-refractivity contribution in [2.24, 2.45) is 4.99 Å². The van der Waals surface area contributed by atoms with Crippen LogP contribution in [0, 0.1) is 6.92 Å². The molecule has 0 unspecified atom stereocenters. The average molecular weight is 359 g/mol. The highest BCUT2D eigenvalue weighted by atomic mass is 32.1. The third-order valence-corrected chi connectivity index (χ3v) is 5.45. The van der Waals surface area contributed by atoms with Crippen LogP contribution in [0.2, 0.25) is 0 Å². The molecule has 0 radical (unpaired) electrons. The number of nitrogens with zero attached hydrogens (tertiary/aromatic N) is 2. The Morgan fingerprint density at radius 3 is 2.52 bits per heavy atom. The van der Waals surface area contributed by atoms with Crippen LogP contribution in [0.25, 0.3) is 0 Å². The van der Waals surface area contributed by atoms with Gasteiger partial charge in [-0.3, -0.25) is 4.99 Å². The molecule has 25 heavy (non-hydrogen) atoms. The molecular formula is C19H25N3O2S. The molecule has 1 aliphatic heterocycles. The standard InChI is InChI=1S/C19H25N3O2S/c1-13-5-6-16(25-13)11-21-19(20-2)22-8-7-14-9-17(23-3)18(24-4)10-15(14)12-22/h5-6,9-10H,7-8,11-12H2,1-4H3,(H,20,21). The zero-order chi connectivity index (χ0) is 17.8. The predicted molar refractivity (Wildman–Crippen MR) is 103 cm³/mol. The topological polar surface area (TPSA) is 46.1 Å². The van der Waals surface area contributed by atoms with E-state index in [1.165, 1.54) is 20.9 Å². The highest BCUT2D eigenvalue weighted by Crippen LogP contribution is 2.33. The SMILES string of the molecule is CN=C(NCc1ccc(C)s1)N1CCc2cc(OC)c(OC)cc2C1. The number of rotatable bonds is 4. The van der Waals surface area contributed by atoms with Crippen molar-refractivity contribution >= 4 is 17.3 Å². The second-order valence-electron chi connectivity index (χ2n) is 6.06. The molecule has 1 N–H and O–H groups in total. The van der Waals surface area contributed by atoms with Gasteiger partial charge < -0.3 is 19.7 Å². The van der Waals surface area contributed by atoms with Gasteiger partial charge in [0, 0.05) is 29.9 Å². The van der Waals surface area contributed by atoms with E-state index < -0.39 is 0 Å². The van der Waals surface area contributed by atoms with Gasteiger partial charge in [-0.2, -0.15) is 0 Å². The van der Waals surface area contributed by atoms with Gasteiger partial charge in [-0.05, 0) is 48.7 Å². The zero-order valence-electron chi connectivity index (χ0n) is 15.3. The van der Waals surface area contributed by atoms with Crippen LogP contribution in [0.15, 0.2) is 29.3 Å². The molecule has 1 aromatic heterocycles. The monoisotopic (exact) mass is 359 g/mol. The number of fused-ring (bicyclic) bond motifs is 1. The summed E-state index contributed by atoms with van der Waals surface area (Å²) in [6, 6.07) is 8.50. The van der Waals surface area contributed by atoms with Crippen LogP contribution in [0.3, 0.4) is 0 Å². The lowest BCUT2D eigenvalue weighted by molar-refractivity contribution is 0.346. The molecule has 2 heterocycles. The Hall–Kier alpha value is -2.21. The van der Waals surface area contributed by atoms with Crippen LogP contribution >= 0.6 is 11.3 Å². The Balaban J connectivity index is 1.71. The second kappa shape index (κ2) is 7.78. The molecular weight excluding hydrogens is 334 g/mol. The normalized spacial score (nSPS) is 14.2. The first kappa shape index (κ1) is 17.6. The second-order valence-corrected chi connectivity index (χ2v) is 7.43. The van der Waals surface area contributed by atoms with E-state index in [4.69, 9.17) is 9.47 Å². The number of aryl methyl sites for hydroxylation is 1. The van der Waals surface area contributed by atoms with Crippen molar-refractivity contribution in [3.05, 3.63) is 45.1 Å². The van der Waals surface area contributed by atoms with Gasteiger partial charge in [0.2, 0.25) is 0 Å². The molecule has 6 heteroatoms. The minimum absolute atomic E-state index is 0.778. The van der Waals surface area contributed by atoms with Gasteiger partial charge in [0.05, 0.1) is 20.8 Å². The molecule has 0 aliphatic carbocycles. The maximum absolute atomic E-state index is 5.44. The molecule has 3 rings (SSSR count). The Morgan fingerprint density at radius 1 is 1.20 bits per heavy atom. The highest BCUT2D eigenvalue weighted by molar-refractivity contribution is 7.11. The van der Waals surface area contributed by atoms with Crippen LogP contribution in [0.4, 0.5) is 0 Å². The van der Waals surface area contributed by atoms with E-state index in [2.05, 4.69) is 46.4 Å². The van der Waals surface area contributed by atoms with E-state index in [-0.39, 0.29) is 0 Å². The third kappa shape index (κ3) is 3.90. The molecule has 0 fully saturated rings. The average Bonchev–Trinajstić information content (AvgIpc) is 3.06. The summed E-state index contributed by atoms with van der Waals surface area (Å²) in [6.07, 6.45) is 0.967. The molecule has 5 nitrogen and oxygen atoms in total. The number of guanidine groups is 1. The molecule has 0 bridgehead atoms. The van der Waals surface area contributed by atoms with E-state index in [1.807, 2.05) is 18.4 Å². The fraction of sp³-hybridized carbons (Fsp3) is 0.421. The summed E-state index contributed by atoms with van der Waals surface area (Å²) in [6.45, 7) is 4.69. The van der Waals surface area contributed by atoms with E-state index in [9.17, 15) is 0 Å². The Bertz CT molecular complexity index is 770. The largest absolute Gasteiger partial charge is 0.493 e. The van der Waals surface area contributed by atoms with Crippen molar-refractivity contribution in [3.8, 4) is 11.5 Å². The maximum atomic E-state index is 5.44. The predicted octanol–water partition coefficient (Wildman–Crippen LogP) is 3.21. The van der Waals surface area contributed by atoms with Crippen molar-refractivity contribution < 1.29 is 9.47 Å². The summed E-state index contributed by atoms with van der Waals surface area (Å²) < 4.78 is 10.9. The molecule has 0 spiro atoms. The van der Waals surface area contributed by atoms with Gasteiger partial charge in [-0.15, -0.1) is 11.3 Å². The summed E-state index contributed by atoms with van der Waals surface area (Å²) in [5.74, 6) is 2.51. The number of benzene rings is 1. The van der Waals surface area contributed by atoms with Gasteiger partial charge in [-0.1, -0.05) is 0 Å². The highest BCUT2D eigenvalue weighted by Gasteiger charge is 2.21. The molecule has 1 aliphatic rings. The maximum Gasteiger partial charge on any atom is 0.194 e. The number of thiophene rings is 1. The quantitative estimate of drug-likeness (QED) is 0.673. The summed E-state index contributed by atoms with van der Waals surface area (Å²) >= 11 is 1.82. The number of ether oxygens (including phenoxy) is 2. The van der Waals surface area contributed by atoms with Crippen LogP contribution in [-0.2, 0) is 19.5 Å². The van der Waals surface area contributed by atoms with E-state index in [0.29, 0.717) is 0 Å². The summed E-state index contributed by atoms with van der Waals surface area (Å²) in [7, 11) is 5.19. The van der Waals surface area contributed by atoms with Crippen LogP contribution in [-0.4, -0.2) is 38.7 Å². The Kier molecular flexibility index (Phi) is 5.48. The molecule has 0 atom stereocenters. The molecule has 0 saturated carbocycles. The first-order valence-electron chi connectivity index (χ1n) is 8.39. The number of nitrogens with one attached hydrogen (secondary N) is 1. The fourth-order valence-corrected chi connectivity index (χ4v) is 3.97. The van der Waals surface area contributed by atoms with Crippen LogP contribution in [0.1, 0.15) is 20.9 Å². The first-order chi connectivity index (χ1) is 12.1. The summed E-state index contributed by atoms with van der Waals surface area (Å²) in [5.41, 5.74) is 2.58. The molecule has 0 saturated heterocycles. The number of methoxy groups -OCH3 is 2. The van der Waals surface area contributed by atoms with Crippen molar-refractivity contribution in [2.45, 2.75) is 26.4 Å². The van der Waals surface area contributed by atoms with Gasteiger partial charge in [0.25, 0.3) is 0 Å². The molecule has 134 valence electrons. The molecule has 0 amide bonds. The molecule has 2 aromatic rings. The van der Waals surface area contributed by atoms with Crippen LogP contribution < -0.4 is 14.8 Å².